The first kappa shape index (κ1) is 29.9. The fourth-order valence-corrected chi connectivity index (χ4v) is 10.4. The molecule has 0 aromatic heterocycles. The van der Waals surface area contributed by atoms with E-state index in [9.17, 15) is 19.5 Å². The van der Waals surface area contributed by atoms with Gasteiger partial charge in [-0.2, -0.15) is 0 Å². The number of allylic oxidation sites excluding steroid dienone is 1. The van der Waals surface area contributed by atoms with Gasteiger partial charge >= 0.3 is 5.97 Å². The van der Waals surface area contributed by atoms with E-state index < -0.39 is 28.7 Å². The normalized spacial score (nSPS) is 28.9. The molecule has 3 aliphatic heterocycles. The molecule has 9 heteroatoms. The zero-order valence-corrected chi connectivity index (χ0v) is 25.7. The minimum Gasteiger partial charge on any atom is -0.465 e. The average Bonchev–Trinajstić information content (AvgIpc) is 3.58. The molecular weight excluding hydrogens is 604 g/mol. The van der Waals surface area contributed by atoms with Gasteiger partial charge < -0.3 is 19.6 Å². The number of aliphatic hydroxyl groups is 1. The lowest BCUT2D eigenvalue weighted by molar-refractivity contribution is -0.154. The molecule has 7 atom stereocenters. The number of hydrogen-bond acceptors (Lipinski definition) is 6. The molecule has 218 valence electrons. The van der Waals surface area contributed by atoms with Crippen LogP contribution < -0.4 is 4.90 Å². The molecule has 2 aromatic rings. The summed E-state index contributed by atoms with van der Waals surface area (Å²) in [4.78, 5) is 45.5. The lowest BCUT2D eigenvalue weighted by Crippen LogP contribution is -2.57. The number of aliphatic hydroxyl groups excluding tert-OH is 1. The molecule has 2 amide bonds. The Bertz CT molecular complexity index is 1350. The second-order valence-electron chi connectivity index (χ2n) is 11.2. The maximum absolute atomic E-state index is 14.7. The summed E-state index contributed by atoms with van der Waals surface area (Å²) in [5, 5.41) is 12.1. The van der Waals surface area contributed by atoms with Crippen molar-refractivity contribution in [2.24, 2.45) is 11.8 Å². The number of amides is 2. The summed E-state index contributed by atoms with van der Waals surface area (Å²) in [6, 6.07) is 12.4. The second kappa shape index (κ2) is 12.3. The van der Waals surface area contributed by atoms with Crippen molar-refractivity contribution in [3.63, 3.8) is 0 Å². The molecule has 3 saturated heterocycles. The van der Waals surface area contributed by atoms with Gasteiger partial charge in [0.2, 0.25) is 5.91 Å². The number of thioether (sulfide) groups is 1. The number of fused-ring (bicyclic) bond motifs is 2. The van der Waals surface area contributed by atoms with Crippen molar-refractivity contribution in [1.82, 2.24) is 4.90 Å². The molecule has 2 bridgehead atoms. The minimum absolute atomic E-state index is 0.0527. The standard InChI is InChI=1S/C32H37BrN2O5S/c1-4-6-7-10-16-40-31(39)25-26-29(37)35(20(3)19-36)28(32(26)18-24(33)27(25)41-32)30(38)34(15-5-2)23-14-13-21-11-8-9-12-22(21)17-23/h4-5,8-9,11-14,17,20,24-28,36H,1-2,6-7,10,15-16,18-19H2,3H3/t20-,24?,25-,26+,27-,28?,32?/m1/s1. The highest BCUT2D eigenvalue weighted by Crippen LogP contribution is 2.68. The number of unbranched alkanes of at least 4 members (excludes halogenated alkanes) is 2. The first-order valence-electron chi connectivity index (χ1n) is 14.2. The predicted molar refractivity (Wildman–Crippen MR) is 167 cm³/mol. The van der Waals surface area contributed by atoms with Crippen molar-refractivity contribution in [2.45, 2.75) is 59.5 Å². The fraction of sp³-hybridized carbons (Fsp3) is 0.469. The Hall–Kier alpha value is -2.62. The summed E-state index contributed by atoms with van der Waals surface area (Å²) in [7, 11) is 0. The summed E-state index contributed by atoms with van der Waals surface area (Å²) >= 11 is 5.36. The summed E-state index contributed by atoms with van der Waals surface area (Å²) in [5.41, 5.74) is 0.709. The van der Waals surface area contributed by atoms with Gasteiger partial charge in [-0.05, 0) is 55.5 Å². The van der Waals surface area contributed by atoms with Gasteiger partial charge in [0.25, 0.3) is 5.91 Å². The van der Waals surface area contributed by atoms with Gasteiger partial charge in [-0.15, -0.1) is 24.9 Å². The van der Waals surface area contributed by atoms with Crippen LogP contribution in [0.3, 0.4) is 0 Å². The molecule has 3 unspecified atom stereocenters. The quantitative estimate of drug-likeness (QED) is 0.150. The largest absolute Gasteiger partial charge is 0.465 e. The van der Waals surface area contributed by atoms with Crippen molar-refractivity contribution in [3.05, 3.63) is 67.8 Å². The zero-order valence-electron chi connectivity index (χ0n) is 23.3. The highest BCUT2D eigenvalue weighted by molar-refractivity contribution is 9.09. The van der Waals surface area contributed by atoms with Gasteiger partial charge in [-0.1, -0.05) is 58.4 Å². The third-order valence-electron chi connectivity index (χ3n) is 8.64. The molecular formula is C32H37BrN2O5S. The van der Waals surface area contributed by atoms with Crippen LogP contribution in [0.25, 0.3) is 10.8 Å². The maximum Gasteiger partial charge on any atom is 0.310 e. The molecule has 5 rings (SSSR count). The topological polar surface area (TPSA) is 87.2 Å². The number of carbonyl (C=O) groups is 3. The Morgan fingerprint density at radius 3 is 2.68 bits per heavy atom. The van der Waals surface area contributed by atoms with Crippen LogP contribution >= 0.6 is 27.7 Å². The molecule has 3 fully saturated rings. The molecule has 0 radical (unpaired) electrons. The Labute approximate surface area is 254 Å². The highest BCUT2D eigenvalue weighted by atomic mass is 79.9. The number of hydrogen-bond donors (Lipinski definition) is 1. The molecule has 2 aromatic carbocycles. The second-order valence-corrected chi connectivity index (χ2v) is 13.9. The molecule has 1 spiro atoms. The highest BCUT2D eigenvalue weighted by Gasteiger charge is 2.76. The van der Waals surface area contributed by atoms with E-state index in [4.69, 9.17) is 4.74 Å². The van der Waals surface area contributed by atoms with E-state index in [1.165, 1.54) is 0 Å². The van der Waals surface area contributed by atoms with Crippen LogP contribution in [0, 0.1) is 11.8 Å². The summed E-state index contributed by atoms with van der Waals surface area (Å²) in [6.07, 6.45) is 6.53. The van der Waals surface area contributed by atoms with Crippen LogP contribution in [0.2, 0.25) is 0 Å². The fourth-order valence-electron chi connectivity index (χ4n) is 6.78. The molecule has 3 heterocycles. The van der Waals surface area contributed by atoms with Gasteiger partial charge in [0.15, 0.2) is 0 Å². The van der Waals surface area contributed by atoms with E-state index in [1.54, 1.807) is 34.6 Å². The van der Waals surface area contributed by atoms with Gasteiger partial charge in [-0.25, -0.2) is 0 Å². The predicted octanol–water partition coefficient (Wildman–Crippen LogP) is 5.10. The van der Waals surface area contributed by atoms with Crippen molar-refractivity contribution in [2.75, 3.05) is 24.7 Å². The van der Waals surface area contributed by atoms with Crippen LogP contribution in [0.15, 0.2) is 67.8 Å². The minimum atomic E-state index is -0.853. The maximum atomic E-state index is 14.7. The number of benzene rings is 2. The number of rotatable bonds is 12. The van der Waals surface area contributed by atoms with Crippen LogP contribution in [0.1, 0.15) is 32.6 Å². The van der Waals surface area contributed by atoms with Crippen LogP contribution in [-0.4, -0.2) is 74.5 Å². The van der Waals surface area contributed by atoms with Crippen molar-refractivity contribution >= 4 is 61.9 Å². The number of halogens is 1. The Kier molecular flexibility index (Phi) is 8.97. The Balaban J connectivity index is 1.51. The molecule has 1 N–H and O–H groups in total. The SMILES string of the molecule is C=CCCCCOC(=O)[C@H]1[C@@H]2SC3(CC2Br)C(C(=O)N(CC=C)c2ccc4ccccc4c2)N([C@H](C)CO)C(=O)[C@H]13. The van der Waals surface area contributed by atoms with E-state index in [0.29, 0.717) is 12.1 Å². The van der Waals surface area contributed by atoms with E-state index in [1.807, 2.05) is 48.5 Å². The molecule has 41 heavy (non-hydrogen) atoms. The molecule has 3 aliphatic rings. The lowest BCUT2D eigenvalue weighted by Gasteiger charge is -2.39. The number of esters is 1. The average molecular weight is 642 g/mol. The number of nitrogens with zero attached hydrogens (tertiary/aromatic N) is 2. The Morgan fingerprint density at radius 1 is 1.22 bits per heavy atom. The van der Waals surface area contributed by atoms with E-state index >= 15 is 0 Å². The van der Waals surface area contributed by atoms with E-state index in [2.05, 4.69) is 29.1 Å². The van der Waals surface area contributed by atoms with Crippen molar-refractivity contribution in [1.29, 1.82) is 0 Å². The van der Waals surface area contributed by atoms with Crippen LogP contribution in [-0.2, 0) is 19.1 Å². The van der Waals surface area contributed by atoms with E-state index in [0.717, 1.165) is 30.0 Å². The summed E-state index contributed by atoms with van der Waals surface area (Å²) < 4.78 is 4.88. The van der Waals surface area contributed by atoms with Gasteiger partial charge in [-0.3, -0.25) is 14.4 Å². The number of ether oxygens (including phenoxy) is 1. The molecule has 7 nitrogen and oxygen atoms in total. The van der Waals surface area contributed by atoms with Crippen LogP contribution in [0.4, 0.5) is 5.69 Å². The monoisotopic (exact) mass is 640 g/mol. The third kappa shape index (κ3) is 5.14. The smallest absolute Gasteiger partial charge is 0.310 e. The zero-order chi connectivity index (χ0) is 29.3. The van der Waals surface area contributed by atoms with E-state index in [-0.39, 0.29) is 47.6 Å². The third-order valence-corrected chi connectivity index (χ3v) is 11.9. The number of carbonyl (C=O) groups excluding carboxylic acids is 3. The Morgan fingerprint density at radius 2 is 1.98 bits per heavy atom. The summed E-state index contributed by atoms with van der Waals surface area (Å²) in [6.45, 7) is 9.62. The van der Waals surface area contributed by atoms with Gasteiger partial charge in [0, 0.05) is 22.3 Å². The van der Waals surface area contributed by atoms with Crippen molar-refractivity contribution in [3.8, 4) is 0 Å². The van der Waals surface area contributed by atoms with Gasteiger partial charge in [0.05, 0.1) is 35.8 Å². The number of anilines is 1. The van der Waals surface area contributed by atoms with Crippen LogP contribution in [0.5, 0.6) is 0 Å². The molecule has 0 aliphatic carbocycles. The van der Waals surface area contributed by atoms with Gasteiger partial charge in [0.1, 0.15) is 6.04 Å². The molecule has 0 saturated carbocycles. The lowest BCUT2D eigenvalue weighted by atomic mass is 9.71. The first-order chi connectivity index (χ1) is 19.8. The summed E-state index contributed by atoms with van der Waals surface area (Å²) in [5.74, 6) is -2.23. The number of alkyl halides is 1. The first-order valence-corrected chi connectivity index (χ1v) is 16.0. The number of likely N-dealkylation sites (tertiary alicyclic amines) is 1. The van der Waals surface area contributed by atoms with Crippen molar-refractivity contribution < 1.29 is 24.2 Å².